The summed E-state index contributed by atoms with van der Waals surface area (Å²) in [6.45, 7) is 0.455. The number of ether oxygens (including phenoxy) is 3. The van der Waals surface area contributed by atoms with Gasteiger partial charge in [0.15, 0.2) is 16.6 Å². The lowest BCUT2D eigenvalue weighted by atomic mass is 10.1. The van der Waals surface area contributed by atoms with Gasteiger partial charge in [-0.05, 0) is 42.0 Å². The topological polar surface area (TPSA) is 89.1 Å². The van der Waals surface area contributed by atoms with E-state index in [4.69, 9.17) is 26.4 Å². The van der Waals surface area contributed by atoms with Crippen LogP contribution in [0.4, 0.5) is 5.69 Å². The van der Waals surface area contributed by atoms with Crippen molar-refractivity contribution >= 4 is 34.8 Å². The SMILES string of the molecule is COc1cc(C(=O)NC(=S)Nc2ccccc2C(=O)N(C)Cc2ccccc2)cc(OC)c1OC. The predicted octanol–water partition coefficient (Wildman–Crippen LogP) is 4.11. The number of amides is 2. The first kappa shape index (κ1) is 25.5. The molecule has 0 radical (unpaired) electrons. The van der Waals surface area contributed by atoms with Crippen molar-refractivity contribution in [3.63, 3.8) is 0 Å². The molecule has 3 aromatic rings. The molecule has 2 N–H and O–H groups in total. The number of thiocarbonyl (C=S) groups is 1. The third-order valence-electron chi connectivity index (χ3n) is 5.17. The number of carbonyl (C=O) groups excluding carboxylic acids is 2. The number of anilines is 1. The molecule has 8 nitrogen and oxygen atoms in total. The highest BCUT2D eigenvalue weighted by Crippen LogP contribution is 2.38. The summed E-state index contributed by atoms with van der Waals surface area (Å²) >= 11 is 5.35. The summed E-state index contributed by atoms with van der Waals surface area (Å²) < 4.78 is 15.9. The van der Waals surface area contributed by atoms with Gasteiger partial charge in [-0.2, -0.15) is 0 Å². The van der Waals surface area contributed by atoms with Crippen molar-refractivity contribution in [2.75, 3.05) is 33.7 Å². The number of nitrogens with one attached hydrogen (secondary N) is 2. The average Bonchev–Trinajstić information content (AvgIpc) is 2.88. The molecule has 182 valence electrons. The molecule has 0 spiro atoms. The number of carbonyl (C=O) groups is 2. The minimum absolute atomic E-state index is 0.0368. The minimum atomic E-state index is -0.480. The van der Waals surface area contributed by atoms with Crippen molar-refractivity contribution in [2.45, 2.75) is 6.54 Å². The minimum Gasteiger partial charge on any atom is -0.493 e. The molecule has 3 rings (SSSR count). The van der Waals surface area contributed by atoms with Crippen LogP contribution in [0.1, 0.15) is 26.3 Å². The third kappa shape index (κ3) is 6.27. The third-order valence-corrected chi connectivity index (χ3v) is 5.37. The fourth-order valence-electron chi connectivity index (χ4n) is 3.45. The van der Waals surface area contributed by atoms with Gasteiger partial charge in [0.2, 0.25) is 5.75 Å². The highest BCUT2D eigenvalue weighted by atomic mass is 32.1. The smallest absolute Gasteiger partial charge is 0.257 e. The van der Waals surface area contributed by atoms with Gasteiger partial charge in [-0.3, -0.25) is 14.9 Å². The molecule has 0 unspecified atom stereocenters. The highest BCUT2D eigenvalue weighted by Gasteiger charge is 2.19. The Bertz CT molecular complexity index is 1190. The second-order valence-electron chi connectivity index (χ2n) is 7.51. The van der Waals surface area contributed by atoms with Crippen LogP contribution in [0.3, 0.4) is 0 Å². The first-order valence-corrected chi connectivity index (χ1v) is 11.1. The van der Waals surface area contributed by atoms with Crippen molar-refractivity contribution in [1.29, 1.82) is 0 Å². The molecular weight excluding hydrogens is 466 g/mol. The second-order valence-corrected chi connectivity index (χ2v) is 7.92. The number of nitrogens with zero attached hydrogens (tertiary/aromatic N) is 1. The van der Waals surface area contributed by atoms with E-state index in [-0.39, 0.29) is 16.6 Å². The van der Waals surface area contributed by atoms with E-state index in [1.807, 2.05) is 30.3 Å². The van der Waals surface area contributed by atoms with Gasteiger partial charge >= 0.3 is 0 Å². The molecule has 0 aliphatic rings. The lowest BCUT2D eigenvalue weighted by Crippen LogP contribution is -2.35. The Morgan fingerprint density at radius 2 is 1.49 bits per heavy atom. The maximum Gasteiger partial charge on any atom is 0.257 e. The molecule has 9 heteroatoms. The Morgan fingerprint density at radius 1 is 0.886 bits per heavy atom. The van der Waals surface area contributed by atoms with Gasteiger partial charge in [0, 0.05) is 19.2 Å². The number of para-hydroxylation sites is 1. The first-order valence-electron chi connectivity index (χ1n) is 10.7. The average molecular weight is 494 g/mol. The van der Waals surface area contributed by atoms with E-state index >= 15 is 0 Å². The standard InChI is InChI=1S/C26H27N3O5S/c1-29(16-17-10-6-5-7-11-17)25(31)19-12-8-9-13-20(19)27-26(35)28-24(30)18-14-21(32-2)23(34-4)22(15-18)33-3/h5-15H,16H2,1-4H3,(H2,27,28,30,35). The van der Waals surface area contributed by atoms with Gasteiger partial charge < -0.3 is 24.4 Å². The van der Waals surface area contributed by atoms with Crippen LogP contribution in [0.25, 0.3) is 0 Å². The van der Waals surface area contributed by atoms with Gasteiger partial charge in [-0.25, -0.2) is 0 Å². The molecule has 0 saturated heterocycles. The summed E-state index contributed by atoms with van der Waals surface area (Å²) in [6, 6.07) is 19.7. The summed E-state index contributed by atoms with van der Waals surface area (Å²) in [4.78, 5) is 27.6. The van der Waals surface area contributed by atoms with Crippen LogP contribution in [0, 0.1) is 0 Å². The molecule has 0 saturated carbocycles. The van der Waals surface area contributed by atoms with Crippen LogP contribution in [0.5, 0.6) is 17.2 Å². The largest absolute Gasteiger partial charge is 0.493 e. The number of hydrogen-bond acceptors (Lipinski definition) is 6. The van der Waals surface area contributed by atoms with Crippen LogP contribution in [0.15, 0.2) is 66.7 Å². The Morgan fingerprint density at radius 3 is 2.09 bits per heavy atom. The summed E-state index contributed by atoms with van der Waals surface area (Å²) in [6.07, 6.45) is 0. The molecule has 0 aliphatic carbocycles. The Hall–Kier alpha value is -4.11. The Balaban J connectivity index is 1.73. The van der Waals surface area contributed by atoms with E-state index < -0.39 is 5.91 Å². The van der Waals surface area contributed by atoms with Crippen molar-refractivity contribution in [3.8, 4) is 17.2 Å². The molecule has 0 aliphatic heterocycles. The van der Waals surface area contributed by atoms with Crippen LogP contribution >= 0.6 is 12.2 Å². The van der Waals surface area contributed by atoms with Crippen molar-refractivity contribution in [3.05, 3.63) is 83.4 Å². The molecule has 35 heavy (non-hydrogen) atoms. The molecule has 0 bridgehead atoms. The number of benzene rings is 3. The zero-order valence-electron chi connectivity index (χ0n) is 20.0. The maximum absolute atomic E-state index is 13.1. The monoisotopic (exact) mass is 493 g/mol. The first-order chi connectivity index (χ1) is 16.9. The number of methoxy groups -OCH3 is 3. The summed E-state index contributed by atoms with van der Waals surface area (Å²) in [5.74, 6) is 0.392. The highest BCUT2D eigenvalue weighted by molar-refractivity contribution is 7.80. The Kier molecular flexibility index (Phi) is 8.63. The fraction of sp³-hybridized carbons (Fsp3) is 0.192. The molecule has 3 aromatic carbocycles. The van der Waals surface area contributed by atoms with Crippen LogP contribution < -0.4 is 24.8 Å². The van der Waals surface area contributed by atoms with Crippen LogP contribution in [-0.2, 0) is 6.54 Å². The van der Waals surface area contributed by atoms with Gasteiger partial charge in [0.25, 0.3) is 11.8 Å². The maximum atomic E-state index is 13.1. The fourth-order valence-corrected chi connectivity index (χ4v) is 3.66. The quantitative estimate of drug-likeness (QED) is 0.457. The number of rotatable bonds is 8. The molecule has 0 heterocycles. The van der Waals surface area contributed by atoms with E-state index in [9.17, 15) is 9.59 Å². The second kappa shape index (κ2) is 11.8. The normalized spacial score (nSPS) is 10.2. The van der Waals surface area contributed by atoms with E-state index in [0.717, 1.165) is 5.56 Å². The van der Waals surface area contributed by atoms with E-state index in [2.05, 4.69) is 10.6 Å². The van der Waals surface area contributed by atoms with Gasteiger partial charge in [-0.15, -0.1) is 0 Å². The zero-order valence-corrected chi connectivity index (χ0v) is 20.8. The molecule has 0 fully saturated rings. The lowest BCUT2D eigenvalue weighted by molar-refractivity contribution is 0.0786. The lowest BCUT2D eigenvalue weighted by Gasteiger charge is -2.20. The van der Waals surface area contributed by atoms with E-state index in [1.165, 1.54) is 33.5 Å². The predicted molar refractivity (Wildman–Crippen MR) is 138 cm³/mol. The summed E-state index contributed by atoms with van der Waals surface area (Å²) in [7, 11) is 6.15. The van der Waals surface area contributed by atoms with E-state index in [0.29, 0.717) is 35.0 Å². The molecule has 2 amide bonds. The van der Waals surface area contributed by atoms with Crippen molar-refractivity contribution in [2.24, 2.45) is 0 Å². The van der Waals surface area contributed by atoms with E-state index in [1.54, 1.807) is 36.2 Å². The van der Waals surface area contributed by atoms with Crippen molar-refractivity contribution < 1.29 is 23.8 Å². The van der Waals surface area contributed by atoms with Gasteiger partial charge in [0.1, 0.15) is 0 Å². The molecule has 0 atom stereocenters. The van der Waals surface area contributed by atoms with Crippen LogP contribution in [-0.4, -0.2) is 50.2 Å². The molecular formula is C26H27N3O5S. The summed E-state index contributed by atoms with van der Waals surface area (Å²) in [5, 5.41) is 5.62. The van der Waals surface area contributed by atoms with Gasteiger partial charge in [0.05, 0.1) is 32.6 Å². The molecule has 0 aromatic heterocycles. The zero-order chi connectivity index (χ0) is 25.4. The summed E-state index contributed by atoms with van der Waals surface area (Å²) in [5.41, 5.74) is 2.18. The van der Waals surface area contributed by atoms with Crippen molar-refractivity contribution in [1.82, 2.24) is 10.2 Å². The number of hydrogen-bond donors (Lipinski definition) is 2. The van der Waals surface area contributed by atoms with Gasteiger partial charge in [-0.1, -0.05) is 42.5 Å². The Labute approximate surface area is 209 Å². The van der Waals surface area contributed by atoms with Crippen LogP contribution in [0.2, 0.25) is 0 Å².